The molecule has 0 aliphatic carbocycles. The van der Waals surface area contributed by atoms with E-state index in [-0.39, 0.29) is 11.5 Å². The zero-order chi connectivity index (χ0) is 10.1. The van der Waals surface area contributed by atoms with Crippen molar-refractivity contribution in [2.24, 2.45) is 11.1 Å². The summed E-state index contributed by atoms with van der Waals surface area (Å²) in [4.78, 5) is 4.19. The van der Waals surface area contributed by atoms with Crippen molar-refractivity contribution in [2.45, 2.75) is 40.2 Å². The Morgan fingerprint density at radius 1 is 1.46 bits per heavy atom. The van der Waals surface area contributed by atoms with Gasteiger partial charge in [0.15, 0.2) is 5.82 Å². The van der Waals surface area contributed by atoms with Gasteiger partial charge >= 0.3 is 0 Å². The molecule has 1 rings (SSSR count). The first kappa shape index (κ1) is 10.2. The van der Waals surface area contributed by atoms with Gasteiger partial charge in [-0.25, -0.2) is 0 Å². The zero-order valence-electron chi connectivity index (χ0n) is 8.66. The molecule has 0 fully saturated rings. The van der Waals surface area contributed by atoms with E-state index in [9.17, 15) is 0 Å². The minimum absolute atomic E-state index is 0.0441. The van der Waals surface area contributed by atoms with E-state index >= 15 is 0 Å². The SMILES string of the molecule is CCc1noc([C@H](N)C(C)(C)C)n1. The number of hydrogen-bond acceptors (Lipinski definition) is 4. The van der Waals surface area contributed by atoms with Crippen LogP contribution in [0.1, 0.15) is 45.5 Å². The van der Waals surface area contributed by atoms with Gasteiger partial charge in [0.25, 0.3) is 0 Å². The Labute approximate surface area is 78.5 Å². The standard InChI is InChI=1S/C9H17N3O/c1-5-6-11-8(13-12-6)7(10)9(2,3)4/h7H,5,10H2,1-4H3/t7-/m0/s1. The Kier molecular flexibility index (Phi) is 2.71. The van der Waals surface area contributed by atoms with Crippen LogP contribution in [0.4, 0.5) is 0 Å². The Morgan fingerprint density at radius 2 is 2.08 bits per heavy atom. The molecule has 0 aliphatic heterocycles. The normalized spacial score (nSPS) is 14.5. The quantitative estimate of drug-likeness (QED) is 0.757. The van der Waals surface area contributed by atoms with Crippen LogP contribution in [0.2, 0.25) is 0 Å². The molecule has 4 nitrogen and oxygen atoms in total. The average molecular weight is 183 g/mol. The van der Waals surface area contributed by atoms with Crippen LogP contribution in [-0.4, -0.2) is 10.1 Å². The molecule has 0 saturated carbocycles. The fourth-order valence-corrected chi connectivity index (χ4v) is 0.908. The smallest absolute Gasteiger partial charge is 0.244 e. The molecule has 1 aromatic heterocycles. The van der Waals surface area contributed by atoms with E-state index < -0.39 is 0 Å². The lowest BCUT2D eigenvalue weighted by atomic mass is 9.87. The summed E-state index contributed by atoms with van der Waals surface area (Å²) in [5, 5.41) is 3.80. The van der Waals surface area contributed by atoms with Crippen molar-refractivity contribution in [3.05, 3.63) is 11.7 Å². The molecule has 0 aliphatic rings. The summed E-state index contributed by atoms with van der Waals surface area (Å²) in [6, 6.07) is -0.194. The number of aromatic nitrogens is 2. The van der Waals surface area contributed by atoms with Crippen LogP contribution in [-0.2, 0) is 6.42 Å². The molecule has 1 aromatic rings. The molecule has 0 aromatic carbocycles. The fourth-order valence-electron chi connectivity index (χ4n) is 0.908. The zero-order valence-corrected chi connectivity index (χ0v) is 8.66. The highest BCUT2D eigenvalue weighted by Gasteiger charge is 2.27. The van der Waals surface area contributed by atoms with Crippen LogP contribution in [0, 0.1) is 5.41 Å². The monoisotopic (exact) mass is 183 g/mol. The van der Waals surface area contributed by atoms with Crippen LogP contribution < -0.4 is 5.73 Å². The molecule has 0 unspecified atom stereocenters. The van der Waals surface area contributed by atoms with Crippen molar-refractivity contribution in [1.29, 1.82) is 0 Å². The van der Waals surface area contributed by atoms with Crippen LogP contribution in [0.25, 0.3) is 0 Å². The Bertz CT molecular complexity index is 275. The molecule has 74 valence electrons. The molecule has 0 bridgehead atoms. The lowest BCUT2D eigenvalue weighted by Crippen LogP contribution is -2.26. The third-order valence-corrected chi connectivity index (χ3v) is 2.00. The van der Waals surface area contributed by atoms with Crippen molar-refractivity contribution in [1.82, 2.24) is 10.1 Å². The predicted molar refractivity (Wildman–Crippen MR) is 50.1 cm³/mol. The summed E-state index contributed by atoms with van der Waals surface area (Å²) in [6.07, 6.45) is 0.778. The average Bonchev–Trinajstić information content (AvgIpc) is 2.48. The first-order valence-corrected chi connectivity index (χ1v) is 4.53. The lowest BCUT2D eigenvalue weighted by molar-refractivity contribution is 0.252. The van der Waals surface area contributed by atoms with Gasteiger partial charge in [0, 0.05) is 6.42 Å². The highest BCUT2D eigenvalue weighted by molar-refractivity contribution is 4.96. The topological polar surface area (TPSA) is 64.9 Å². The summed E-state index contributed by atoms with van der Waals surface area (Å²) in [6.45, 7) is 8.13. The minimum atomic E-state index is -0.194. The van der Waals surface area contributed by atoms with Gasteiger partial charge in [-0.3, -0.25) is 0 Å². The second-order valence-corrected chi connectivity index (χ2v) is 4.25. The van der Waals surface area contributed by atoms with Crippen molar-refractivity contribution in [3.63, 3.8) is 0 Å². The fraction of sp³-hybridized carbons (Fsp3) is 0.778. The minimum Gasteiger partial charge on any atom is -0.338 e. The number of aryl methyl sites for hydroxylation is 1. The van der Waals surface area contributed by atoms with E-state index in [1.54, 1.807) is 0 Å². The highest BCUT2D eigenvalue weighted by atomic mass is 16.5. The number of nitrogens with two attached hydrogens (primary N) is 1. The van der Waals surface area contributed by atoms with Crippen LogP contribution in [0.3, 0.4) is 0 Å². The molecule has 1 heterocycles. The maximum Gasteiger partial charge on any atom is 0.244 e. The van der Waals surface area contributed by atoms with E-state index in [1.807, 2.05) is 27.7 Å². The molecule has 4 heteroatoms. The summed E-state index contributed by atoms with van der Waals surface area (Å²) in [7, 11) is 0. The third kappa shape index (κ3) is 2.28. The second kappa shape index (κ2) is 3.46. The predicted octanol–water partition coefficient (Wildman–Crippen LogP) is 1.68. The summed E-state index contributed by atoms with van der Waals surface area (Å²) >= 11 is 0. The van der Waals surface area contributed by atoms with Gasteiger partial charge in [-0.1, -0.05) is 32.9 Å². The van der Waals surface area contributed by atoms with Gasteiger partial charge in [-0.05, 0) is 5.41 Å². The summed E-state index contributed by atoms with van der Waals surface area (Å²) < 4.78 is 5.06. The van der Waals surface area contributed by atoms with Gasteiger partial charge in [0.05, 0.1) is 6.04 Å². The first-order valence-electron chi connectivity index (χ1n) is 4.53. The Hall–Kier alpha value is -0.900. The van der Waals surface area contributed by atoms with Crippen LogP contribution >= 0.6 is 0 Å². The summed E-state index contributed by atoms with van der Waals surface area (Å²) in [5.41, 5.74) is 5.90. The number of rotatable bonds is 2. The Morgan fingerprint density at radius 3 is 2.46 bits per heavy atom. The van der Waals surface area contributed by atoms with Crippen molar-refractivity contribution in [3.8, 4) is 0 Å². The van der Waals surface area contributed by atoms with Crippen molar-refractivity contribution >= 4 is 0 Å². The third-order valence-electron chi connectivity index (χ3n) is 2.00. The lowest BCUT2D eigenvalue weighted by Gasteiger charge is -2.23. The molecular weight excluding hydrogens is 166 g/mol. The Balaban J connectivity index is 2.83. The largest absolute Gasteiger partial charge is 0.338 e. The van der Waals surface area contributed by atoms with Crippen LogP contribution in [0.5, 0.6) is 0 Å². The molecule has 1 atom stereocenters. The second-order valence-electron chi connectivity index (χ2n) is 4.25. The van der Waals surface area contributed by atoms with Crippen LogP contribution in [0.15, 0.2) is 4.52 Å². The van der Waals surface area contributed by atoms with Gasteiger partial charge in [-0.15, -0.1) is 0 Å². The van der Waals surface area contributed by atoms with Crippen molar-refractivity contribution < 1.29 is 4.52 Å². The molecular formula is C9H17N3O. The van der Waals surface area contributed by atoms with Gasteiger partial charge in [0.1, 0.15) is 0 Å². The number of hydrogen-bond donors (Lipinski definition) is 1. The van der Waals surface area contributed by atoms with E-state index in [4.69, 9.17) is 10.3 Å². The maximum absolute atomic E-state index is 5.94. The highest BCUT2D eigenvalue weighted by Crippen LogP contribution is 2.28. The molecule has 0 spiro atoms. The van der Waals surface area contributed by atoms with Crippen molar-refractivity contribution in [2.75, 3.05) is 0 Å². The first-order chi connectivity index (χ1) is 5.95. The molecule has 0 radical (unpaired) electrons. The van der Waals surface area contributed by atoms with Gasteiger partial charge in [0.2, 0.25) is 5.89 Å². The van der Waals surface area contributed by atoms with E-state index in [2.05, 4.69) is 10.1 Å². The molecule has 2 N–H and O–H groups in total. The molecule has 0 saturated heterocycles. The molecule has 13 heavy (non-hydrogen) atoms. The van der Waals surface area contributed by atoms with E-state index in [0.717, 1.165) is 12.2 Å². The van der Waals surface area contributed by atoms with E-state index in [0.29, 0.717) is 5.89 Å². The maximum atomic E-state index is 5.94. The van der Waals surface area contributed by atoms with E-state index in [1.165, 1.54) is 0 Å². The number of nitrogens with zero attached hydrogens (tertiary/aromatic N) is 2. The van der Waals surface area contributed by atoms with Gasteiger partial charge < -0.3 is 10.3 Å². The van der Waals surface area contributed by atoms with Gasteiger partial charge in [-0.2, -0.15) is 4.98 Å². The molecule has 0 amide bonds. The summed E-state index contributed by atoms with van der Waals surface area (Å²) in [5.74, 6) is 1.25.